The van der Waals surface area contributed by atoms with Gasteiger partial charge in [0.05, 0.1) is 18.8 Å². The lowest BCUT2D eigenvalue weighted by molar-refractivity contribution is -0.00470. The van der Waals surface area contributed by atoms with E-state index in [1.54, 1.807) is 29.2 Å². The van der Waals surface area contributed by atoms with E-state index in [0.717, 1.165) is 75.7 Å². The Morgan fingerprint density at radius 3 is 2.70 bits per heavy atom. The summed E-state index contributed by atoms with van der Waals surface area (Å²) in [6, 6.07) is 17.0. The zero-order chi connectivity index (χ0) is 27.9. The molecule has 212 valence electrons. The largest absolute Gasteiger partial charge is 0.371 e. The predicted molar refractivity (Wildman–Crippen MR) is 158 cm³/mol. The van der Waals surface area contributed by atoms with Crippen molar-refractivity contribution in [2.75, 3.05) is 11.4 Å². The van der Waals surface area contributed by atoms with Crippen molar-refractivity contribution in [2.24, 2.45) is 0 Å². The number of aromatic nitrogens is 2. The Morgan fingerprint density at radius 1 is 1.07 bits per heavy atom. The number of nitrogens with one attached hydrogen (secondary N) is 1. The van der Waals surface area contributed by atoms with Crippen LogP contribution >= 0.6 is 11.6 Å². The molecule has 8 heteroatoms. The number of amides is 2. The lowest BCUT2D eigenvalue weighted by atomic mass is 9.92. The van der Waals surface area contributed by atoms with Crippen LogP contribution in [0, 0.1) is 0 Å². The van der Waals surface area contributed by atoms with Crippen LogP contribution in [0.15, 0.2) is 54.6 Å². The third-order valence-corrected chi connectivity index (χ3v) is 8.14. The van der Waals surface area contributed by atoms with Gasteiger partial charge in [-0.15, -0.1) is 0 Å². The summed E-state index contributed by atoms with van der Waals surface area (Å²) in [5, 5.41) is 3.82. The molecule has 0 radical (unpaired) electrons. The highest BCUT2D eigenvalue weighted by Gasteiger charge is 2.34. The van der Waals surface area contributed by atoms with E-state index in [9.17, 15) is 9.59 Å². The summed E-state index contributed by atoms with van der Waals surface area (Å²) in [5.41, 5.74) is 2.09. The monoisotopic (exact) mass is 562 g/mol. The van der Waals surface area contributed by atoms with E-state index in [1.807, 2.05) is 22.8 Å². The molecule has 1 aliphatic heterocycles. The summed E-state index contributed by atoms with van der Waals surface area (Å²) in [6.07, 6.45) is 8.34. The van der Waals surface area contributed by atoms with E-state index >= 15 is 0 Å². The third-order valence-electron chi connectivity index (χ3n) is 7.91. The number of unbranched alkanes of at least 4 members (excludes halogenated alkanes) is 1. The zero-order valence-electron chi connectivity index (χ0n) is 23.3. The Hall–Kier alpha value is -3.16. The fourth-order valence-electron chi connectivity index (χ4n) is 5.76. The second-order valence-electron chi connectivity index (χ2n) is 10.8. The maximum absolute atomic E-state index is 14.1. The highest BCUT2D eigenvalue weighted by atomic mass is 35.5. The van der Waals surface area contributed by atoms with Gasteiger partial charge < -0.3 is 14.6 Å². The molecule has 2 heterocycles. The quantitative estimate of drug-likeness (QED) is 0.303. The molecular formula is C32H39ClN4O3. The molecule has 2 unspecified atom stereocenters. The first-order valence-corrected chi connectivity index (χ1v) is 15.1. The van der Waals surface area contributed by atoms with E-state index in [1.165, 1.54) is 0 Å². The van der Waals surface area contributed by atoms with Crippen LogP contribution < -0.4 is 10.2 Å². The average molecular weight is 563 g/mol. The standard InChI is InChI=1S/C32H39ClN4O3/c1-2-3-19-37(32(39)24-14-11-15-25(33)21-24)30-29(36-20-10-9-18-28(36)35-30)31(38)34-26-16-7-8-17-27(26)40-22-23-12-5-4-6-13-23/h4-6,11-15,21,26-27H,2-3,7-10,16-20,22H2,1H3,(H,34,38). The number of rotatable bonds is 10. The van der Waals surface area contributed by atoms with Gasteiger partial charge in [-0.1, -0.05) is 74.2 Å². The van der Waals surface area contributed by atoms with Gasteiger partial charge in [-0.05, 0) is 55.9 Å². The van der Waals surface area contributed by atoms with Crippen LogP contribution in [-0.4, -0.2) is 40.1 Å². The molecule has 1 aliphatic carbocycles. The second-order valence-corrected chi connectivity index (χ2v) is 11.3. The summed E-state index contributed by atoms with van der Waals surface area (Å²) < 4.78 is 8.37. The Balaban J connectivity index is 1.43. The number of nitrogens with zero attached hydrogens (tertiary/aromatic N) is 3. The summed E-state index contributed by atoms with van der Waals surface area (Å²) in [7, 11) is 0. The van der Waals surface area contributed by atoms with Crippen molar-refractivity contribution in [3.63, 3.8) is 0 Å². The van der Waals surface area contributed by atoms with Crippen LogP contribution in [0.4, 0.5) is 5.82 Å². The minimum atomic E-state index is -0.192. The molecular weight excluding hydrogens is 524 g/mol. The molecule has 1 N–H and O–H groups in total. The first kappa shape index (κ1) is 28.4. The molecule has 40 heavy (non-hydrogen) atoms. The van der Waals surface area contributed by atoms with Crippen LogP contribution in [0.3, 0.4) is 0 Å². The smallest absolute Gasteiger partial charge is 0.272 e. The van der Waals surface area contributed by atoms with Crippen LogP contribution in [0.5, 0.6) is 0 Å². The number of carbonyl (C=O) groups excluding carboxylic acids is 2. The van der Waals surface area contributed by atoms with Gasteiger partial charge in [0, 0.05) is 30.1 Å². The topological polar surface area (TPSA) is 76.5 Å². The van der Waals surface area contributed by atoms with Gasteiger partial charge in [0.15, 0.2) is 11.5 Å². The van der Waals surface area contributed by atoms with E-state index in [2.05, 4.69) is 24.4 Å². The van der Waals surface area contributed by atoms with Gasteiger partial charge in [-0.2, -0.15) is 0 Å². The van der Waals surface area contributed by atoms with Gasteiger partial charge in [0.2, 0.25) is 0 Å². The Bertz CT molecular complexity index is 1310. The van der Waals surface area contributed by atoms with Crippen molar-refractivity contribution < 1.29 is 14.3 Å². The Kier molecular flexibility index (Phi) is 9.55. The molecule has 0 spiro atoms. The van der Waals surface area contributed by atoms with Gasteiger partial charge in [-0.3, -0.25) is 14.5 Å². The molecule has 2 amide bonds. The number of halogens is 1. The van der Waals surface area contributed by atoms with Crippen molar-refractivity contribution in [3.8, 4) is 0 Å². The van der Waals surface area contributed by atoms with Gasteiger partial charge in [0.1, 0.15) is 5.82 Å². The molecule has 2 aromatic carbocycles. The molecule has 1 fully saturated rings. The van der Waals surface area contributed by atoms with Crippen molar-refractivity contribution in [3.05, 3.63) is 82.3 Å². The molecule has 3 aromatic rings. The van der Waals surface area contributed by atoms with Gasteiger partial charge in [0.25, 0.3) is 11.8 Å². The predicted octanol–water partition coefficient (Wildman–Crippen LogP) is 6.58. The highest BCUT2D eigenvalue weighted by Crippen LogP contribution is 2.30. The van der Waals surface area contributed by atoms with Gasteiger partial charge >= 0.3 is 0 Å². The molecule has 0 bridgehead atoms. The molecule has 2 aliphatic rings. The first-order chi connectivity index (χ1) is 19.5. The third kappa shape index (κ3) is 6.58. The van der Waals surface area contributed by atoms with E-state index in [0.29, 0.717) is 35.2 Å². The van der Waals surface area contributed by atoms with Crippen molar-refractivity contribution >= 4 is 29.2 Å². The number of anilines is 1. The van der Waals surface area contributed by atoms with Crippen LogP contribution in [0.25, 0.3) is 0 Å². The number of hydrogen-bond acceptors (Lipinski definition) is 4. The summed E-state index contributed by atoms with van der Waals surface area (Å²) in [5.74, 6) is 0.941. The number of fused-ring (bicyclic) bond motifs is 1. The van der Waals surface area contributed by atoms with Crippen LogP contribution in [0.1, 0.15) is 90.5 Å². The van der Waals surface area contributed by atoms with Crippen molar-refractivity contribution in [2.45, 2.75) is 90.0 Å². The SMILES string of the molecule is CCCCN(C(=O)c1cccc(Cl)c1)c1nc2n(c1C(=O)NC1CCCCC1OCc1ccccc1)CCCC2. The molecule has 5 rings (SSSR count). The van der Waals surface area contributed by atoms with E-state index in [-0.39, 0.29) is 24.0 Å². The minimum Gasteiger partial charge on any atom is -0.371 e. The van der Waals surface area contributed by atoms with E-state index in [4.69, 9.17) is 21.3 Å². The molecule has 2 atom stereocenters. The van der Waals surface area contributed by atoms with Crippen molar-refractivity contribution in [1.29, 1.82) is 0 Å². The minimum absolute atomic E-state index is 0.0607. The molecule has 1 aromatic heterocycles. The molecule has 7 nitrogen and oxygen atoms in total. The number of carbonyl (C=O) groups is 2. The van der Waals surface area contributed by atoms with Crippen molar-refractivity contribution in [1.82, 2.24) is 14.9 Å². The maximum atomic E-state index is 14.1. The second kappa shape index (κ2) is 13.5. The number of ether oxygens (including phenoxy) is 1. The Labute approximate surface area is 241 Å². The van der Waals surface area contributed by atoms with Crippen LogP contribution in [-0.2, 0) is 24.3 Å². The lowest BCUT2D eigenvalue weighted by Gasteiger charge is -2.32. The summed E-state index contributed by atoms with van der Waals surface area (Å²) in [6.45, 7) is 3.80. The van der Waals surface area contributed by atoms with Gasteiger partial charge in [-0.25, -0.2) is 4.98 Å². The Morgan fingerprint density at radius 2 is 1.90 bits per heavy atom. The summed E-state index contributed by atoms with van der Waals surface area (Å²) in [4.78, 5) is 34.5. The normalized spacial score (nSPS) is 18.6. The number of aryl methyl sites for hydroxylation is 1. The summed E-state index contributed by atoms with van der Waals surface area (Å²) >= 11 is 6.23. The number of benzene rings is 2. The molecule has 0 saturated heterocycles. The first-order valence-electron chi connectivity index (χ1n) is 14.7. The number of hydrogen-bond donors (Lipinski definition) is 1. The average Bonchev–Trinajstić information content (AvgIpc) is 3.37. The molecule has 1 saturated carbocycles. The van der Waals surface area contributed by atoms with Crippen LogP contribution in [0.2, 0.25) is 5.02 Å². The highest BCUT2D eigenvalue weighted by molar-refractivity contribution is 6.31. The fourth-order valence-corrected chi connectivity index (χ4v) is 5.95. The fraction of sp³-hybridized carbons (Fsp3) is 0.469. The lowest BCUT2D eigenvalue weighted by Crippen LogP contribution is -2.47. The number of imidazole rings is 1. The maximum Gasteiger partial charge on any atom is 0.272 e. The zero-order valence-corrected chi connectivity index (χ0v) is 24.0. The van der Waals surface area contributed by atoms with E-state index < -0.39 is 0 Å².